The molecule has 0 aliphatic carbocycles. The molecule has 9 nitrogen and oxygen atoms in total. The van der Waals surface area contributed by atoms with Gasteiger partial charge in [-0.25, -0.2) is 0 Å². The Bertz CT molecular complexity index is 1220. The second-order valence-corrected chi connectivity index (χ2v) is 9.06. The predicted octanol–water partition coefficient (Wildman–Crippen LogP) is 4.74. The van der Waals surface area contributed by atoms with Gasteiger partial charge in [-0.3, -0.25) is 9.59 Å². The van der Waals surface area contributed by atoms with Crippen molar-refractivity contribution in [3.8, 4) is 0 Å². The lowest BCUT2D eigenvalue weighted by atomic mass is 9.97. The Kier molecular flexibility index (Phi) is 8.07. The van der Waals surface area contributed by atoms with E-state index in [-0.39, 0.29) is 23.7 Å². The van der Waals surface area contributed by atoms with Crippen LogP contribution in [0.15, 0.2) is 59.3 Å². The number of hydrogen-bond donors (Lipinski definition) is 2. The number of rotatable bonds is 7. The first-order valence-electron chi connectivity index (χ1n) is 11.8. The summed E-state index contributed by atoms with van der Waals surface area (Å²) in [4.78, 5) is 27.0. The van der Waals surface area contributed by atoms with Gasteiger partial charge in [0.15, 0.2) is 17.8 Å². The number of nitrogens with zero attached hydrogens (tertiary/aromatic N) is 4. The third-order valence-electron chi connectivity index (χ3n) is 6.00. The molecule has 1 aliphatic heterocycles. The number of likely N-dealkylation sites (tertiary alicyclic amines) is 1. The number of carbonyl (C=O) groups is 2. The molecule has 1 aromatic heterocycles. The summed E-state index contributed by atoms with van der Waals surface area (Å²) in [6, 6.07) is 10.6. The van der Waals surface area contributed by atoms with Gasteiger partial charge in [-0.15, -0.1) is 0 Å². The first-order valence-corrected chi connectivity index (χ1v) is 11.8. The number of alkyl halides is 3. The van der Waals surface area contributed by atoms with Crippen LogP contribution < -0.4 is 15.3 Å². The van der Waals surface area contributed by atoms with Gasteiger partial charge in [-0.2, -0.15) is 13.2 Å². The molecule has 0 atom stereocenters. The van der Waals surface area contributed by atoms with Gasteiger partial charge in [0.25, 0.3) is 0 Å². The fourth-order valence-electron chi connectivity index (χ4n) is 4.09. The number of benzene rings is 2. The monoisotopic (exact) mass is 516 g/mol. The van der Waals surface area contributed by atoms with E-state index in [1.807, 2.05) is 0 Å². The summed E-state index contributed by atoms with van der Waals surface area (Å²) in [5, 5.41) is 12.4. The van der Waals surface area contributed by atoms with Crippen LogP contribution in [0.5, 0.6) is 0 Å². The average Bonchev–Trinajstić information content (AvgIpc) is 3.26. The number of hydrogen-bond acceptors (Lipinski definition) is 5. The molecule has 0 radical (unpaired) electrons. The normalized spacial score (nSPS) is 14.8. The summed E-state index contributed by atoms with van der Waals surface area (Å²) in [5.41, 5.74) is -0.616. The Morgan fingerprint density at radius 1 is 1.11 bits per heavy atom. The second-order valence-electron chi connectivity index (χ2n) is 9.06. The molecule has 3 aromatic rings. The number of nitrogens with one attached hydrogen (secondary N) is 2. The van der Waals surface area contributed by atoms with Crippen LogP contribution in [0.4, 0.5) is 35.2 Å². The molecule has 3 amide bonds. The molecule has 0 spiro atoms. The molecule has 196 valence electrons. The van der Waals surface area contributed by atoms with E-state index in [9.17, 15) is 22.8 Å². The Hall–Kier alpha value is -3.93. The third-order valence-corrected chi connectivity index (χ3v) is 6.00. The van der Waals surface area contributed by atoms with Crippen molar-refractivity contribution in [2.24, 2.45) is 5.92 Å². The van der Waals surface area contributed by atoms with Gasteiger partial charge in [0, 0.05) is 11.6 Å². The van der Waals surface area contributed by atoms with Gasteiger partial charge < -0.3 is 25.4 Å². The molecule has 1 saturated heterocycles. The molecule has 0 unspecified atom stereocenters. The van der Waals surface area contributed by atoms with Crippen LogP contribution in [0.1, 0.15) is 24.0 Å². The molecular weight excluding hydrogens is 489 g/mol. The zero-order valence-electron chi connectivity index (χ0n) is 20.2. The van der Waals surface area contributed by atoms with E-state index >= 15 is 0 Å². The largest absolute Gasteiger partial charge is 0.424 e. The van der Waals surface area contributed by atoms with Gasteiger partial charge >= 0.3 is 6.18 Å². The maximum absolute atomic E-state index is 13.5. The zero-order chi connectivity index (χ0) is 26.4. The van der Waals surface area contributed by atoms with Crippen molar-refractivity contribution < 1.29 is 32.0 Å². The van der Waals surface area contributed by atoms with E-state index in [2.05, 4.69) is 33.2 Å². The topological polar surface area (TPSA) is 105 Å². The average molecular weight is 517 g/mol. The first kappa shape index (κ1) is 26.1. The van der Waals surface area contributed by atoms with E-state index in [1.54, 1.807) is 35.0 Å². The zero-order valence-corrected chi connectivity index (χ0v) is 20.2. The minimum Gasteiger partial charge on any atom is -0.424 e. The van der Waals surface area contributed by atoms with Gasteiger partial charge in [0.1, 0.15) is 0 Å². The van der Waals surface area contributed by atoms with Crippen LogP contribution >= 0.6 is 0 Å². The molecule has 1 fully saturated rings. The van der Waals surface area contributed by atoms with E-state index in [0.29, 0.717) is 18.0 Å². The number of piperidine rings is 1. The number of carbonyl (C=O) groups excluding carboxylic acids is 2. The molecule has 4 rings (SSSR count). The van der Waals surface area contributed by atoms with Crippen molar-refractivity contribution in [3.63, 3.8) is 0 Å². The number of amides is 3. The molecule has 2 aromatic carbocycles. The van der Waals surface area contributed by atoms with Gasteiger partial charge in [0.2, 0.25) is 18.0 Å². The highest BCUT2D eigenvalue weighted by Gasteiger charge is 2.31. The Balaban J connectivity index is 1.39. The molecule has 37 heavy (non-hydrogen) atoms. The summed E-state index contributed by atoms with van der Waals surface area (Å²) in [7, 11) is 2.07. The van der Waals surface area contributed by atoms with Crippen molar-refractivity contribution in [1.82, 2.24) is 10.2 Å². The summed E-state index contributed by atoms with van der Waals surface area (Å²) >= 11 is 0. The number of aromatic nitrogens is 2. The van der Waals surface area contributed by atoms with Crippen LogP contribution in [-0.4, -0.2) is 42.2 Å². The van der Waals surface area contributed by atoms with Gasteiger partial charge in [-0.1, -0.05) is 35.0 Å². The summed E-state index contributed by atoms with van der Waals surface area (Å²) in [6.45, 7) is 2.61. The maximum atomic E-state index is 13.5. The lowest BCUT2D eigenvalue weighted by Crippen LogP contribution is -2.42. The van der Waals surface area contributed by atoms with Crippen LogP contribution in [0, 0.1) is 5.92 Å². The SMILES string of the molecule is CN1CCC(C[n+]2cc([N-]C(=O)Nc3cc(NC(=O)Cc4ccccc4)cc(C(F)(F)F)c3)on2)CC1. The van der Waals surface area contributed by atoms with Gasteiger partial charge in [-0.05, 0) is 62.4 Å². The maximum Gasteiger partial charge on any atom is 0.416 e. The first-order chi connectivity index (χ1) is 17.6. The number of halogens is 3. The van der Waals surface area contributed by atoms with Crippen LogP contribution in [-0.2, 0) is 23.9 Å². The summed E-state index contributed by atoms with van der Waals surface area (Å²) in [5.74, 6) is -0.147. The van der Waals surface area contributed by atoms with Crippen LogP contribution in [0.25, 0.3) is 5.32 Å². The minimum atomic E-state index is -4.69. The lowest BCUT2D eigenvalue weighted by Gasteiger charge is -2.26. The number of urea groups is 1. The molecule has 2 N–H and O–H groups in total. The summed E-state index contributed by atoms with van der Waals surface area (Å²) < 4.78 is 47.0. The van der Waals surface area contributed by atoms with Crippen molar-refractivity contribution in [3.05, 3.63) is 71.2 Å². The number of anilines is 2. The standard InChI is InChI=1S/C25H27F3N6O3/c1-33-9-7-18(8-10-33)15-34-16-23(37-32-34)31-24(36)30-21-13-19(25(26,27)28)12-20(14-21)29-22(35)11-17-5-3-2-4-6-17/h2-6,12-14,16,18H,7-11,15H2,1H3,(H2-,29,30,31,32,35,36). The van der Waals surface area contributed by atoms with Crippen molar-refractivity contribution in [2.75, 3.05) is 30.8 Å². The highest BCUT2D eigenvalue weighted by molar-refractivity contribution is 6.04. The highest BCUT2D eigenvalue weighted by atomic mass is 19.4. The Morgan fingerprint density at radius 3 is 2.46 bits per heavy atom. The van der Waals surface area contributed by atoms with Crippen molar-refractivity contribution >= 4 is 29.2 Å². The smallest absolute Gasteiger partial charge is 0.416 e. The Labute approximate surface area is 211 Å². The molecule has 0 saturated carbocycles. The molecular formula is C25H27F3N6O3. The quantitative estimate of drug-likeness (QED) is 0.442. The Morgan fingerprint density at radius 2 is 1.78 bits per heavy atom. The van der Waals surface area contributed by atoms with E-state index in [4.69, 9.17) is 4.52 Å². The lowest BCUT2D eigenvalue weighted by molar-refractivity contribution is -0.767. The fourth-order valence-corrected chi connectivity index (χ4v) is 4.09. The summed E-state index contributed by atoms with van der Waals surface area (Å²) in [6.07, 6.45) is -1.20. The van der Waals surface area contributed by atoms with Crippen molar-refractivity contribution in [1.29, 1.82) is 0 Å². The van der Waals surface area contributed by atoms with E-state index < -0.39 is 23.7 Å². The third kappa shape index (κ3) is 7.78. The predicted molar refractivity (Wildman–Crippen MR) is 129 cm³/mol. The molecule has 0 bridgehead atoms. The minimum absolute atomic E-state index is 0.0167. The van der Waals surface area contributed by atoms with Crippen LogP contribution in [0.2, 0.25) is 0 Å². The second kappa shape index (κ2) is 11.4. The molecule has 12 heteroatoms. The molecule has 1 aliphatic rings. The molecule has 2 heterocycles. The van der Waals surface area contributed by atoms with E-state index in [0.717, 1.165) is 38.1 Å². The fraction of sp³-hybridized carbons (Fsp3) is 0.360. The van der Waals surface area contributed by atoms with E-state index in [1.165, 1.54) is 12.3 Å². The van der Waals surface area contributed by atoms with Crippen LogP contribution in [0.3, 0.4) is 0 Å². The van der Waals surface area contributed by atoms with Gasteiger partial charge in [0.05, 0.1) is 12.0 Å². The van der Waals surface area contributed by atoms with Crippen molar-refractivity contribution in [2.45, 2.75) is 32.0 Å². The highest BCUT2D eigenvalue weighted by Crippen LogP contribution is 2.34.